The second-order valence-corrected chi connectivity index (χ2v) is 9.71. The van der Waals surface area contributed by atoms with Crippen molar-refractivity contribution in [3.8, 4) is 0 Å². The van der Waals surface area contributed by atoms with Crippen molar-refractivity contribution in [2.24, 2.45) is 0 Å². The molecule has 1 aliphatic carbocycles. The van der Waals surface area contributed by atoms with E-state index in [0.29, 0.717) is 32.7 Å². The van der Waals surface area contributed by atoms with E-state index in [1.807, 2.05) is 4.90 Å². The van der Waals surface area contributed by atoms with Crippen molar-refractivity contribution in [2.45, 2.75) is 37.5 Å². The van der Waals surface area contributed by atoms with Crippen LogP contribution in [0.3, 0.4) is 0 Å². The van der Waals surface area contributed by atoms with Crippen molar-refractivity contribution in [2.75, 3.05) is 39.3 Å². The van der Waals surface area contributed by atoms with Gasteiger partial charge in [0.1, 0.15) is 4.90 Å². The molecule has 1 saturated heterocycles. The zero-order valence-electron chi connectivity index (χ0n) is 16.4. The number of hydrogen-bond donors (Lipinski definition) is 1. The Labute approximate surface area is 172 Å². The normalized spacial score (nSPS) is 18.9. The second kappa shape index (κ2) is 9.39. The number of sulfonamides is 1. The molecule has 28 heavy (non-hydrogen) atoms. The van der Waals surface area contributed by atoms with Crippen LogP contribution in [0.25, 0.3) is 0 Å². The fourth-order valence-electron chi connectivity index (χ4n) is 3.87. The minimum atomic E-state index is -3.60. The summed E-state index contributed by atoms with van der Waals surface area (Å²) in [4.78, 5) is 16.1. The van der Waals surface area contributed by atoms with Gasteiger partial charge < -0.3 is 9.80 Å². The van der Waals surface area contributed by atoms with Gasteiger partial charge in [0.25, 0.3) is 5.91 Å². The van der Waals surface area contributed by atoms with Gasteiger partial charge in [0, 0.05) is 12.2 Å². The highest BCUT2D eigenvalue weighted by atomic mass is 35.5. The molecular weight excluding hydrogens is 398 g/mol. The number of carbonyl (C=O) groups is 1. The van der Waals surface area contributed by atoms with Gasteiger partial charge in [0.2, 0.25) is 10.0 Å². The number of halogens is 1. The lowest BCUT2D eigenvalue weighted by Gasteiger charge is -2.32. The third-order valence-electron chi connectivity index (χ3n) is 5.40. The molecule has 0 atom stereocenters. The van der Waals surface area contributed by atoms with Crippen LogP contribution in [0.4, 0.5) is 0 Å². The number of hydrogen-bond acceptors (Lipinski definition) is 3. The predicted molar refractivity (Wildman–Crippen MR) is 110 cm³/mol. The minimum absolute atomic E-state index is 0.146. The number of amides is 1. The highest BCUT2D eigenvalue weighted by Crippen LogP contribution is 2.24. The highest BCUT2D eigenvalue weighted by molar-refractivity contribution is 7.89. The number of allylic oxidation sites excluding steroid dienone is 2. The number of nitrogens with zero attached hydrogens (tertiary/aromatic N) is 2. The number of carbonyl (C=O) groups excluding carboxylic acids is 1. The molecule has 8 heteroatoms. The minimum Gasteiger partial charge on any atom is -0.325 e. The fraction of sp³-hybridized carbons (Fsp3) is 0.550. The van der Waals surface area contributed by atoms with Gasteiger partial charge in [0.15, 0.2) is 6.54 Å². The zero-order chi connectivity index (χ0) is 20.1. The van der Waals surface area contributed by atoms with Gasteiger partial charge in [-0.1, -0.05) is 36.7 Å². The molecular formula is C20H29ClN3O3S+. The third kappa shape index (κ3) is 4.76. The Morgan fingerprint density at radius 2 is 1.96 bits per heavy atom. The third-order valence-corrected chi connectivity index (χ3v) is 7.80. The van der Waals surface area contributed by atoms with Crippen LogP contribution in [0.5, 0.6) is 0 Å². The van der Waals surface area contributed by atoms with Crippen molar-refractivity contribution in [1.82, 2.24) is 9.21 Å². The molecule has 0 bridgehead atoms. The molecule has 0 aromatic heterocycles. The summed E-state index contributed by atoms with van der Waals surface area (Å²) >= 11 is 6.09. The van der Waals surface area contributed by atoms with E-state index in [-0.39, 0.29) is 15.8 Å². The van der Waals surface area contributed by atoms with Gasteiger partial charge in [-0.15, -0.1) is 0 Å². The number of rotatable bonds is 7. The number of quaternary nitrogens is 1. The molecule has 0 unspecified atom stereocenters. The summed E-state index contributed by atoms with van der Waals surface area (Å²) in [7, 11) is -3.60. The number of benzene rings is 1. The predicted octanol–water partition coefficient (Wildman–Crippen LogP) is 1.54. The first-order chi connectivity index (χ1) is 13.4. The van der Waals surface area contributed by atoms with Gasteiger partial charge in [-0.2, -0.15) is 4.31 Å². The van der Waals surface area contributed by atoms with Crippen molar-refractivity contribution in [3.05, 3.63) is 41.1 Å². The van der Waals surface area contributed by atoms with E-state index in [4.69, 9.17) is 11.6 Å². The maximum Gasteiger partial charge on any atom is 0.281 e. The Morgan fingerprint density at radius 3 is 2.57 bits per heavy atom. The average molecular weight is 427 g/mol. The lowest BCUT2D eigenvalue weighted by atomic mass is 10.2. The maximum atomic E-state index is 12.9. The van der Waals surface area contributed by atoms with Gasteiger partial charge in [-0.25, -0.2) is 8.42 Å². The maximum absolute atomic E-state index is 12.9. The van der Waals surface area contributed by atoms with Crippen LogP contribution in [0.1, 0.15) is 32.6 Å². The molecule has 2 aliphatic rings. The molecule has 0 spiro atoms. The molecule has 1 amide bonds. The zero-order valence-corrected chi connectivity index (χ0v) is 17.9. The lowest BCUT2D eigenvalue weighted by molar-refractivity contribution is -0.895. The van der Waals surface area contributed by atoms with Gasteiger partial charge >= 0.3 is 0 Å². The summed E-state index contributed by atoms with van der Waals surface area (Å²) in [5.41, 5.74) is 1.16. The number of nitrogens with one attached hydrogen (secondary N) is 1. The van der Waals surface area contributed by atoms with E-state index in [2.05, 4.69) is 13.0 Å². The molecule has 1 aromatic rings. The van der Waals surface area contributed by atoms with Crippen molar-refractivity contribution in [1.29, 1.82) is 0 Å². The summed E-state index contributed by atoms with van der Waals surface area (Å²) in [5.74, 6) is 0.146. The molecule has 3 rings (SSSR count). The van der Waals surface area contributed by atoms with E-state index in [1.165, 1.54) is 4.31 Å². The molecule has 1 fully saturated rings. The van der Waals surface area contributed by atoms with Crippen LogP contribution in [-0.2, 0) is 14.8 Å². The van der Waals surface area contributed by atoms with Crippen LogP contribution in [0.2, 0.25) is 5.02 Å². The van der Waals surface area contributed by atoms with E-state index in [1.54, 1.807) is 24.3 Å². The van der Waals surface area contributed by atoms with E-state index in [9.17, 15) is 13.2 Å². The van der Waals surface area contributed by atoms with Crippen molar-refractivity contribution >= 4 is 27.5 Å². The first kappa shape index (κ1) is 21.3. The van der Waals surface area contributed by atoms with Crippen LogP contribution >= 0.6 is 11.6 Å². The Kier molecular flexibility index (Phi) is 7.15. The van der Waals surface area contributed by atoms with Gasteiger partial charge in [-0.05, 0) is 37.8 Å². The molecule has 1 aromatic carbocycles. The largest absolute Gasteiger partial charge is 0.325 e. The fourth-order valence-corrected chi connectivity index (χ4v) is 5.81. The summed E-state index contributed by atoms with van der Waals surface area (Å²) in [5, 5.41) is 0.243. The lowest BCUT2D eigenvalue weighted by Crippen LogP contribution is -3.15. The Hall–Kier alpha value is -1.41. The molecule has 1 aliphatic heterocycles. The van der Waals surface area contributed by atoms with E-state index in [0.717, 1.165) is 42.8 Å². The first-order valence-corrected chi connectivity index (χ1v) is 11.8. The molecule has 6 nitrogen and oxygen atoms in total. The first-order valence-electron chi connectivity index (χ1n) is 10.0. The summed E-state index contributed by atoms with van der Waals surface area (Å²) in [6.07, 6.45) is 6.26. The van der Waals surface area contributed by atoms with Gasteiger partial charge in [-0.3, -0.25) is 4.79 Å². The summed E-state index contributed by atoms with van der Waals surface area (Å²) in [6, 6.07) is 6.53. The standard InChI is InChI=1S/C20H28ClN3O3S/c1-2-11-24(17-7-3-4-8-17)20(25)16-22-12-14-23(15-13-22)28(26,27)19-10-6-5-9-18(19)21/h5-7,9-10H,2-4,8,11-16H2,1H3/p+1. The monoisotopic (exact) mass is 426 g/mol. The number of piperazine rings is 1. The molecule has 1 heterocycles. The van der Waals surface area contributed by atoms with Gasteiger partial charge in [0.05, 0.1) is 31.2 Å². The SMILES string of the molecule is CCCN(C(=O)C[NH+]1CCN(S(=O)(=O)c2ccccc2Cl)CC1)C1=CCCC1. The van der Waals surface area contributed by atoms with Crippen LogP contribution < -0.4 is 4.90 Å². The van der Waals surface area contributed by atoms with Crippen molar-refractivity contribution < 1.29 is 18.1 Å². The van der Waals surface area contributed by atoms with E-state index >= 15 is 0 Å². The summed E-state index contributed by atoms with van der Waals surface area (Å²) in [6.45, 7) is 5.28. The Balaban J connectivity index is 1.59. The van der Waals surface area contributed by atoms with Crippen LogP contribution in [0.15, 0.2) is 40.9 Å². The molecule has 0 saturated carbocycles. The smallest absolute Gasteiger partial charge is 0.281 e. The summed E-state index contributed by atoms with van der Waals surface area (Å²) < 4.78 is 27.2. The molecule has 154 valence electrons. The Morgan fingerprint density at radius 1 is 1.25 bits per heavy atom. The van der Waals surface area contributed by atoms with E-state index < -0.39 is 10.0 Å². The quantitative estimate of drug-likeness (QED) is 0.719. The van der Waals surface area contributed by atoms with Crippen LogP contribution in [0, 0.1) is 0 Å². The Bertz CT molecular complexity index is 833. The second-order valence-electron chi connectivity index (χ2n) is 7.39. The molecule has 1 N–H and O–H groups in total. The molecule has 0 radical (unpaired) electrons. The van der Waals surface area contributed by atoms with Crippen molar-refractivity contribution in [3.63, 3.8) is 0 Å². The van der Waals surface area contributed by atoms with Crippen LogP contribution in [-0.4, -0.2) is 62.8 Å². The average Bonchev–Trinajstić information content (AvgIpc) is 3.21. The topological polar surface area (TPSA) is 62.1 Å². The highest BCUT2D eigenvalue weighted by Gasteiger charge is 2.33.